The standard InChI is InChI=1S/C12H13N3O2/c1-14(10-5-3-2-4-6-10)9-15-12(17)8-7-11(16)13-15/h2-8H,9H2,1H3,(H,13,16). The second-order valence-corrected chi connectivity index (χ2v) is 3.75. The van der Waals surface area contributed by atoms with Gasteiger partial charge in [0.05, 0.1) is 0 Å². The second-order valence-electron chi connectivity index (χ2n) is 3.75. The minimum Gasteiger partial charge on any atom is -0.355 e. The van der Waals surface area contributed by atoms with Crippen LogP contribution in [0.3, 0.4) is 0 Å². The number of aromatic amines is 1. The van der Waals surface area contributed by atoms with E-state index in [1.54, 1.807) is 0 Å². The van der Waals surface area contributed by atoms with Crippen LogP contribution >= 0.6 is 0 Å². The average Bonchev–Trinajstić information content (AvgIpc) is 2.35. The quantitative estimate of drug-likeness (QED) is 0.843. The lowest BCUT2D eigenvalue weighted by atomic mass is 10.3. The summed E-state index contributed by atoms with van der Waals surface area (Å²) in [6.45, 7) is 0.304. The summed E-state index contributed by atoms with van der Waals surface area (Å²) in [7, 11) is 1.85. The number of nitrogens with one attached hydrogen (secondary N) is 1. The van der Waals surface area contributed by atoms with Gasteiger partial charge in [0.1, 0.15) is 6.67 Å². The summed E-state index contributed by atoms with van der Waals surface area (Å²) in [6.07, 6.45) is 0. The summed E-state index contributed by atoms with van der Waals surface area (Å²) in [5, 5.41) is 2.48. The number of nitrogens with zero attached hydrogens (tertiary/aromatic N) is 2. The molecule has 2 aromatic rings. The number of aromatic nitrogens is 2. The number of para-hydroxylation sites is 1. The molecule has 0 fully saturated rings. The molecular formula is C12H13N3O2. The molecule has 0 unspecified atom stereocenters. The van der Waals surface area contributed by atoms with Gasteiger partial charge >= 0.3 is 0 Å². The molecule has 5 heteroatoms. The van der Waals surface area contributed by atoms with Crippen molar-refractivity contribution in [2.75, 3.05) is 11.9 Å². The zero-order valence-electron chi connectivity index (χ0n) is 9.46. The number of anilines is 1. The molecule has 0 aliphatic carbocycles. The fraction of sp³-hybridized carbons (Fsp3) is 0.167. The summed E-state index contributed by atoms with van der Waals surface area (Å²) < 4.78 is 1.27. The van der Waals surface area contributed by atoms with Gasteiger partial charge in [-0.1, -0.05) is 18.2 Å². The molecule has 0 saturated carbocycles. The molecule has 0 bridgehead atoms. The normalized spacial score (nSPS) is 10.2. The Balaban J connectivity index is 2.24. The highest BCUT2D eigenvalue weighted by atomic mass is 16.1. The van der Waals surface area contributed by atoms with Crippen molar-refractivity contribution in [3.63, 3.8) is 0 Å². The number of hydrogen-bond donors (Lipinski definition) is 1. The van der Waals surface area contributed by atoms with Crippen LogP contribution in [0.1, 0.15) is 0 Å². The first kappa shape index (κ1) is 11.2. The molecule has 1 aromatic heterocycles. The van der Waals surface area contributed by atoms with Crippen LogP contribution in [0.4, 0.5) is 5.69 Å². The van der Waals surface area contributed by atoms with E-state index in [0.29, 0.717) is 6.67 Å². The van der Waals surface area contributed by atoms with Crippen molar-refractivity contribution >= 4 is 5.69 Å². The van der Waals surface area contributed by atoms with Gasteiger partial charge in [0, 0.05) is 24.9 Å². The molecule has 2 rings (SSSR count). The van der Waals surface area contributed by atoms with Crippen molar-refractivity contribution in [1.29, 1.82) is 0 Å². The Morgan fingerprint density at radius 3 is 2.53 bits per heavy atom. The predicted molar refractivity (Wildman–Crippen MR) is 66.2 cm³/mol. The first-order valence-corrected chi connectivity index (χ1v) is 5.23. The molecule has 0 amide bonds. The monoisotopic (exact) mass is 231 g/mol. The van der Waals surface area contributed by atoms with Gasteiger partial charge in [0.25, 0.3) is 11.1 Å². The maximum absolute atomic E-state index is 11.5. The highest BCUT2D eigenvalue weighted by Crippen LogP contribution is 2.10. The fourth-order valence-electron chi connectivity index (χ4n) is 1.54. The van der Waals surface area contributed by atoms with Crippen molar-refractivity contribution in [2.45, 2.75) is 6.67 Å². The van der Waals surface area contributed by atoms with Gasteiger partial charge in [-0.05, 0) is 12.1 Å². The molecule has 88 valence electrons. The highest BCUT2D eigenvalue weighted by Gasteiger charge is 2.02. The molecule has 0 radical (unpaired) electrons. The van der Waals surface area contributed by atoms with Crippen molar-refractivity contribution < 1.29 is 0 Å². The van der Waals surface area contributed by atoms with E-state index in [-0.39, 0.29) is 11.1 Å². The fourth-order valence-corrected chi connectivity index (χ4v) is 1.54. The minimum atomic E-state index is -0.286. The van der Waals surface area contributed by atoms with Crippen LogP contribution < -0.4 is 16.0 Å². The molecule has 0 spiro atoms. The Bertz CT molecular complexity index is 601. The third-order valence-corrected chi connectivity index (χ3v) is 2.44. The second kappa shape index (κ2) is 4.69. The Kier molecular flexibility index (Phi) is 3.09. The van der Waals surface area contributed by atoms with E-state index in [4.69, 9.17) is 0 Å². The van der Waals surface area contributed by atoms with Crippen LogP contribution in [0.25, 0.3) is 0 Å². The van der Waals surface area contributed by atoms with Crippen LogP contribution in [0.15, 0.2) is 52.1 Å². The predicted octanol–water partition coefficient (Wildman–Crippen LogP) is 0.630. The van der Waals surface area contributed by atoms with E-state index in [0.717, 1.165) is 5.69 Å². The SMILES string of the molecule is CN(Cn1[nH]c(=O)ccc1=O)c1ccccc1. The van der Waals surface area contributed by atoms with E-state index in [2.05, 4.69) is 5.10 Å². The summed E-state index contributed by atoms with van der Waals surface area (Å²) >= 11 is 0. The van der Waals surface area contributed by atoms with Crippen LogP contribution in [0.2, 0.25) is 0 Å². The van der Waals surface area contributed by atoms with Gasteiger partial charge in [0.2, 0.25) is 0 Å². The lowest BCUT2D eigenvalue weighted by Gasteiger charge is -2.19. The zero-order valence-corrected chi connectivity index (χ0v) is 9.46. The molecule has 17 heavy (non-hydrogen) atoms. The van der Waals surface area contributed by atoms with Crippen LogP contribution in [-0.2, 0) is 6.67 Å². The lowest BCUT2D eigenvalue weighted by Crippen LogP contribution is -2.34. The van der Waals surface area contributed by atoms with Gasteiger partial charge in [-0.2, -0.15) is 0 Å². The van der Waals surface area contributed by atoms with Crippen molar-refractivity contribution in [3.05, 3.63) is 63.2 Å². The van der Waals surface area contributed by atoms with E-state index >= 15 is 0 Å². The highest BCUT2D eigenvalue weighted by molar-refractivity contribution is 5.44. The summed E-state index contributed by atoms with van der Waals surface area (Å²) in [5.41, 5.74) is 0.461. The Hall–Kier alpha value is -2.30. The van der Waals surface area contributed by atoms with Gasteiger partial charge < -0.3 is 4.90 Å². The van der Waals surface area contributed by atoms with Crippen LogP contribution in [-0.4, -0.2) is 16.8 Å². The summed E-state index contributed by atoms with van der Waals surface area (Å²) in [5.74, 6) is 0. The Morgan fingerprint density at radius 2 is 1.82 bits per heavy atom. The number of H-pyrrole nitrogens is 1. The molecule has 1 heterocycles. The van der Waals surface area contributed by atoms with Crippen molar-refractivity contribution in [3.8, 4) is 0 Å². The third-order valence-electron chi connectivity index (χ3n) is 2.44. The third kappa shape index (κ3) is 2.63. The van der Waals surface area contributed by atoms with E-state index in [1.807, 2.05) is 42.3 Å². The minimum absolute atomic E-state index is 0.229. The molecule has 0 aliphatic heterocycles. The van der Waals surface area contributed by atoms with Crippen molar-refractivity contribution in [1.82, 2.24) is 9.78 Å². The smallest absolute Gasteiger partial charge is 0.266 e. The van der Waals surface area contributed by atoms with Gasteiger partial charge in [-0.15, -0.1) is 0 Å². The molecular weight excluding hydrogens is 218 g/mol. The number of hydrogen-bond acceptors (Lipinski definition) is 3. The first-order valence-electron chi connectivity index (χ1n) is 5.23. The van der Waals surface area contributed by atoms with Crippen molar-refractivity contribution in [2.24, 2.45) is 0 Å². The number of benzene rings is 1. The zero-order chi connectivity index (χ0) is 12.3. The van der Waals surface area contributed by atoms with Crippen LogP contribution in [0, 0.1) is 0 Å². The van der Waals surface area contributed by atoms with Crippen LogP contribution in [0.5, 0.6) is 0 Å². The van der Waals surface area contributed by atoms with E-state index in [9.17, 15) is 9.59 Å². The maximum Gasteiger partial charge on any atom is 0.266 e. The Morgan fingerprint density at radius 1 is 1.12 bits per heavy atom. The topological polar surface area (TPSA) is 58.1 Å². The van der Waals surface area contributed by atoms with Gasteiger partial charge in [0.15, 0.2) is 0 Å². The maximum atomic E-state index is 11.5. The Labute approximate surface area is 97.9 Å². The molecule has 0 aliphatic rings. The molecule has 0 atom stereocenters. The number of rotatable bonds is 3. The molecule has 1 aromatic carbocycles. The molecule has 1 N–H and O–H groups in total. The molecule has 0 saturated heterocycles. The average molecular weight is 231 g/mol. The lowest BCUT2D eigenvalue weighted by molar-refractivity contribution is 0.564. The van der Waals surface area contributed by atoms with Gasteiger partial charge in [-0.3, -0.25) is 14.7 Å². The van der Waals surface area contributed by atoms with E-state index in [1.165, 1.54) is 16.8 Å². The molecule has 5 nitrogen and oxygen atoms in total. The first-order chi connectivity index (χ1) is 8.16. The van der Waals surface area contributed by atoms with Gasteiger partial charge in [-0.25, -0.2) is 4.68 Å². The largest absolute Gasteiger partial charge is 0.355 e. The summed E-state index contributed by atoms with van der Waals surface area (Å²) in [4.78, 5) is 24.5. The van der Waals surface area contributed by atoms with E-state index < -0.39 is 0 Å². The summed E-state index contributed by atoms with van der Waals surface area (Å²) in [6, 6.07) is 12.1.